The lowest BCUT2D eigenvalue weighted by molar-refractivity contribution is -0.145. The number of esters is 1. The Bertz CT molecular complexity index is 304. The van der Waals surface area contributed by atoms with Crippen molar-refractivity contribution in [2.75, 3.05) is 13.2 Å². The van der Waals surface area contributed by atoms with Gasteiger partial charge in [-0.05, 0) is 38.1 Å². The summed E-state index contributed by atoms with van der Waals surface area (Å²) in [5.74, 6) is 0.558. The molecule has 0 saturated carbocycles. The molecule has 0 unspecified atom stereocenters. The Kier molecular flexibility index (Phi) is 22.3. The lowest BCUT2D eigenvalue weighted by atomic mass is 9.91. The molecule has 168 valence electrons. The van der Waals surface area contributed by atoms with Gasteiger partial charge in [-0.2, -0.15) is 0 Å². The van der Waals surface area contributed by atoms with Crippen molar-refractivity contribution in [1.29, 1.82) is 0 Å². The number of unbranched alkanes of at least 4 members (excludes halogenated alkanes) is 13. The molecule has 3 heteroatoms. The molecular weight excluding hydrogens is 346 g/mol. The molecule has 0 aliphatic carbocycles. The smallest absolute Gasteiger partial charge is 0.306 e. The number of carbonyl (C=O) groups excluding carboxylic acids is 1. The van der Waals surface area contributed by atoms with Crippen LogP contribution in [0.5, 0.6) is 0 Å². The van der Waals surface area contributed by atoms with E-state index in [9.17, 15) is 4.79 Å². The van der Waals surface area contributed by atoms with Crippen molar-refractivity contribution in [3.63, 3.8) is 0 Å². The molecule has 3 nitrogen and oxygen atoms in total. The zero-order valence-electron chi connectivity index (χ0n) is 19.3. The number of nitrogens with two attached hydrogens (primary N) is 1. The highest BCUT2D eigenvalue weighted by molar-refractivity contribution is 5.69. The first-order valence-electron chi connectivity index (χ1n) is 12.6. The molecule has 0 aromatic rings. The third-order valence-electron chi connectivity index (χ3n) is 5.75. The van der Waals surface area contributed by atoms with Crippen LogP contribution in [0, 0.1) is 5.92 Å². The molecule has 0 bridgehead atoms. The van der Waals surface area contributed by atoms with Gasteiger partial charge in [-0.25, -0.2) is 0 Å². The molecule has 0 heterocycles. The van der Waals surface area contributed by atoms with Gasteiger partial charge < -0.3 is 10.5 Å². The second-order valence-corrected chi connectivity index (χ2v) is 8.61. The summed E-state index contributed by atoms with van der Waals surface area (Å²) in [7, 11) is 0. The summed E-state index contributed by atoms with van der Waals surface area (Å²) in [4.78, 5) is 12.2. The van der Waals surface area contributed by atoms with Crippen LogP contribution >= 0.6 is 0 Å². The maximum absolute atomic E-state index is 12.2. The largest absolute Gasteiger partial charge is 0.466 e. The molecule has 28 heavy (non-hydrogen) atoms. The Hall–Kier alpha value is -0.570. The topological polar surface area (TPSA) is 52.3 Å². The fourth-order valence-corrected chi connectivity index (χ4v) is 3.86. The van der Waals surface area contributed by atoms with Gasteiger partial charge in [-0.3, -0.25) is 4.79 Å². The van der Waals surface area contributed by atoms with Crippen LogP contribution in [0.15, 0.2) is 0 Å². The van der Waals surface area contributed by atoms with Gasteiger partial charge in [0.15, 0.2) is 0 Å². The molecule has 0 saturated heterocycles. The van der Waals surface area contributed by atoms with Gasteiger partial charge in [0.1, 0.15) is 0 Å². The van der Waals surface area contributed by atoms with E-state index >= 15 is 0 Å². The van der Waals surface area contributed by atoms with Crippen LogP contribution in [0.1, 0.15) is 136 Å². The monoisotopic (exact) mass is 397 g/mol. The number of hydrogen-bond donors (Lipinski definition) is 1. The van der Waals surface area contributed by atoms with Crippen molar-refractivity contribution < 1.29 is 9.53 Å². The van der Waals surface area contributed by atoms with Gasteiger partial charge in [-0.1, -0.05) is 104 Å². The highest BCUT2D eigenvalue weighted by Gasteiger charge is 2.14. The van der Waals surface area contributed by atoms with E-state index in [0.717, 1.165) is 32.2 Å². The average Bonchev–Trinajstić information content (AvgIpc) is 2.69. The maximum atomic E-state index is 12.2. The number of carbonyl (C=O) groups is 1. The minimum Gasteiger partial charge on any atom is -0.466 e. The van der Waals surface area contributed by atoms with Gasteiger partial charge in [0, 0.05) is 6.42 Å². The van der Waals surface area contributed by atoms with E-state index in [-0.39, 0.29) is 5.97 Å². The van der Waals surface area contributed by atoms with Crippen molar-refractivity contribution in [3.8, 4) is 0 Å². The molecule has 0 aromatic carbocycles. The average molecular weight is 398 g/mol. The molecule has 0 rings (SSSR count). The van der Waals surface area contributed by atoms with Gasteiger partial charge in [-0.15, -0.1) is 0 Å². The summed E-state index contributed by atoms with van der Waals surface area (Å²) < 4.78 is 5.50. The first kappa shape index (κ1) is 27.4. The SMILES string of the molecule is CCCCCCCCC(CCCCCCCC)CC(=O)OCCCCCCN. The van der Waals surface area contributed by atoms with Crippen LogP contribution in [0.2, 0.25) is 0 Å². The van der Waals surface area contributed by atoms with Gasteiger partial charge in [0.2, 0.25) is 0 Å². The summed E-state index contributed by atoms with van der Waals surface area (Å²) >= 11 is 0. The maximum Gasteiger partial charge on any atom is 0.306 e. The number of ether oxygens (including phenoxy) is 1. The zero-order chi connectivity index (χ0) is 20.7. The minimum absolute atomic E-state index is 0.0285. The third kappa shape index (κ3) is 20.2. The highest BCUT2D eigenvalue weighted by Crippen LogP contribution is 2.22. The normalized spacial score (nSPS) is 11.3. The van der Waals surface area contributed by atoms with Gasteiger partial charge in [0.25, 0.3) is 0 Å². The van der Waals surface area contributed by atoms with Crippen molar-refractivity contribution in [1.82, 2.24) is 0 Å². The molecule has 0 spiro atoms. The Morgan fingerprint density at radius 2 is 1.14 bits per heavy atom. The van der Waals surface area contributed by atoms with Crippen LogP contribution in [-0.4, -0.2) is 19.1 Å². The molecular formula is C25H51NO2. The Morgan fingerprint density at radius 1 is 0.679 bits per heavy atom. The molecule has 0 aromatic heterocycles. The van der Waals surface area contributed by atoms with Crippen LogP contribution < -0.4 is 5.73 Å². The van der Waals surface area contributed by atoms with Crippen LogP contribution in [-0.2, 0) is 9.53 Å². The first-order chi connectivity index (χ1) is 13.7. The Morgan fingerprint density at radius 3 is 1.68 bits per heavy atom. The molecule has 0 atom stereocenters. The Labute approximate surface area is 176 Å². The van der Waals surface area contributed by atoms with E-state index in [1.807, 2.05) is 0 Å². The van der Waals surface area contributed by atoms with Crippen molar-refractivity contribution in [2.24, 2.45) is 11.7 Å². The van der Waals surface area contributed by atoms with Crippen molar-refractivity contribution in [3.05, 3.63) is 0 Å². The van der Waals surface area contributed by atoms with Gasteiger partial charge in [0.05, 0.1) is 6.61 Å². The summed E-state index contributed by atoms with van der Waals surface area (Å²) in [5.41, 5.74) is 5.51. The number of hydrogen-bond acceptors (Lipinski definition) is 3. The van der Waals surface area contributed by atoms with Crippen LogP contribution in [0.4, 0.5) is 0 Å². The second kappa shape index (κ2) is 22.7. The predicted molar refractivity (Wildman–Crippen MR) is 123 cm³/mol. The van der Waals surface area contributed by atoms with E-state index in [1.54, 1.807) is 0 Å². The summed E-state index contributed by atoms with van der Waals surface area (Å²) in [5, 5.41) is 0. The fraction of sp³-hybridized carbons (Fsp3) is 0.960. The van der Waals surface area contributed by atoms with Crippen LogP contribution in [0.25, 0.3) is 0 Å². The standard InChI is InChI=1S/C25H51NO2/c1-3-5-7-9-11-15-19-24(20-16-12-10-8-6-4-2)23-25(27)28-22-18-14-13-17-21-26/h24H,3-23,26H2,1-2H3. The van der Waals surface area contributed by atoms with Crippen LogP contribution in [0.3, 0.4) is 0 Å². The zero-order valence-corrected chi connectivity index (χ0v) is 19.3. The fourth-order valence-electron chi connectivity index (χ4n) is 3.86. The van der Waals surface area contributed by atoms with E-state index in [1.165, 1.54) is 89.9 Å². The molecule has 0 aliphatic heterocycles. The molecule has 0 fully saturated rings. The van der Waals surface area contributed by atoms with E-state index < -0.39 is 0 Å². The van der Waals surface area contributed by atoms with Gasteiger partial charge >= 0.3 is 5.97 Å². The predicted octanol–water partition coefficient (Wildman–Crippen LogP) is 7.56. The highest BCUT2D eigenvalue weighted by atomic mass is 16.5. The first-order valence-corrected chi connectivity index (χ1v) is 12.6. The molecule has 2 N–H and O–H groups in total. The lowest BCUT2D eigenvalue weighted by Crippen LogP contribution is -2.13. The Balaban J connectivity index is 3.99. The summed E-state index contributed by atoms with van der Waals surface area (Å²) in [6, 6.07) is 0. The third-order valence-corrected chi connectivity index (χ3v) is 5.75. The van der Waals surface area contributed by atoms with E-state index in [4.69, 9.17) is 10.5 Å². The van der Waals surface area contributed by atoms with Crippen molar-refractivity contribution >= 4 is 5.97 Å². The van der Waals surface area contributed by atoms with E-state index in [0.29, 0.717) is 18.9 Å². The number of rotatable bonds is 22. The lowest BCUT2D eigenvalue weighted by Gasteiger charge is -2.16. The van der Waals surface area contributed by atoms with Crippen molar-refractivity contribution in [2.45, 2.75) is 136 Å². The quantitative estimate of drug-likeness (QED) is 0.151. The summed E-state index contributed by atoms with van der Waals surface area (Å²) in [6.45, 7) is 5.88. The molecule has 0 radical (unpaired) electrons. The van der Waals surface area contributed by atoms with E-state index in [2.05, 4.69) is 13.8 Å². The minimum atomic E-state index is 0.0285. The summed E-state index contributed by atoms with van der Waals surface area (Å²) in [6.07, 6.45) is 23.3. The second-order valence-electron chi connectivity index (χ2n) is 8.61. The molecule has 0 aliphatic rings. The molecule has 0 amide bonds.